The molecular formula is C19H18FN3O. The summed E-state index contributed by atoms with van der Waals surface area (Å²) in [7, 11) is 0. The molecule has 24 heavy (non-hydrogen) atoms. The van der Waals surface area contributed by atoms with E-state index in [-0.39, 0.29) is 17.2 Å². The van der Waals surface area contributed by atoms with Crippen LogP contribution in [0.1, 0.15) is 47.4 Å². The van der Waals surface area contributed by atoms with Crippen LogP contribution < -0.4 is 0 Å². The fourth-order valence-electron chi connectivity index (χ4n) is 4.98. The summed E-state index contributed by atoms with van der Waals surface area (Å²) < 4.78 is 19.1. The Morgan fingerprint density at radius 3 is 2.92 bits per heavy atom. The van der Waals surface area contributed by atoms with E-state index in [9.17, 15) is 4.39 Å². The van der Waals surface area contributed by atoms with Crippen molar-refractivity contribution in [1.29, 1.82) is 0 Å². The summed E-state index contributed by atoms with van der Waals surface area (Å²) in [4.78, 5) is 0. The Balaban J connectivity index is 1.80. The summed E-state index contributed by atoms with van der Waals surface area (Å²) in [5, 5.41) is 11.7. The lowest BCUT2D eigenvalue weighted by molar-refractivity contribution is 0.189. The quantitative estimate of drug-likeness (QED) is 0.742. The number of nitrogens with one attached hydrogen (secondary N) is 1. The van der Waals surface area contributed by atoms with Crippen LogP contribution in [0.25, 0.3) is 0 Å². The van der Waals surface area contributed by atoms with E-state index in [2.05, 4.69) is 22.3 Å². The molecule has 0 fully saturated rings. The zero-order valence-corrected chi connectivity index (χ0v) is 13.4. The van der Waals surface area contributed by atoms with E-state index >= 15 is 0 Å². The first-order valence-electron chi connectivity index (χ1n) is 8.43. The molecule has 5 rings (SSSR count). The average molecular weight is 323 g/mol. The van der Waals surface area contributed by atoms with E-state index in [1.807, 2.05) is 24.5 Å². The Hall–Kier alpha value is -2.43. The van der Waals surface area contributed by atoms with Crippen molar-refractivity contribution in [2.45, 2.75) is 37.5 Å². The van der Waals surface area contributed by atoms with Crippen molar-refractivity contribution in [1.82, 2.24) is 15.4 Å². The van der Waals surface area contributed by atoms with Gasteiger partial charge >= 0.3 is 0 Å². The number of rotatable bonds is 1. The van der Waals surface area contributed by atoms with Gasteiger partial charge < -0.3 is 4.52 Å². The highest BCUT2D eigenvalue weighted by Gasteiger charge is 2.53. The Labute approximate surface area is 139 Å². The van der Waals surface area contributed by atoms with Crippen LogP contribution in [0.4, 0.5) is 4.39 Å². The van der Waals surface area contributed by atoms with Gasteiger partial charge in [-0.15, -0.1) is 0 Å². The molecule has 2 aromatic heterocycles. The number of fused-ring (bicyclic) bond motifs is 4. The third-order valence-electron chi connectivity index (χ3n) is 6.02. The lowest BCUT2D eigenvalue weighted by atomic mass is 9.53. The SMILES string of the molecule is C[C@@H]1c2oncc2C[C@]2(c3ccc(F)cc3)c3n[nH]cc3CC[C@@H]12. The highest BCUT2D eigenvalue weighted by molar-refractivity contribution is 5.48. The molecule has 0 aliphatic heterocycles. The molecule has 1 N–H and O–H groups in total. The van der Waals surface area contributed by atoms with Crippen LogP contribution in [-0.4, -0.2) is 15.4 Å². The number of hydrogen-bond donors (Lipinski definition) is 1. The van der Waals surface area contributed by atoms with Gasteiger partial charge in [0.25, 0.3) is 0 Å². The van der Waals surface area contributed by atoms with Crippen LogP contribution in [0, 0.1) is 11.7 Å². The van der Waals surface area contributed by atoms with E-state index in [1.165, 1.54) is 5.56 Å². The van der Waals surface area contributed by atoms with Gasteiger partial charge in [0.05, 0.1) is 11.9 Å². The average Bonchev–Trinajstić information content (AvgIpc) is 3.24. The van der Waals surface area contributed by atoms with Gasteiger partial charge in [0.2, 0.25) is 0 Å². The summed E-state index contributed by atoms with van der Waals surface area (Å²) in [5.41, 5.74) is 4.38. The summed E-state index contributed by atoms with van der Waals surface area (Å²) >= 11 is 0. The molecule has 3 aromatic rings. The molecule has 2 aliphatic carbocycles. The Bertz CT molecular complexity index is 897. The molecule has 2 heterocycles. The van der Waals surface area contributed by atoms with Gasteiger partial charge in [0, 0.05) is 23.1 Å². The number of aromatic nitrogens is 3. The van der Waals surface area contributed by atoms with Crippen molar-refractivity contribution in [3.8, 4) is 0 Å². The monoisotopic (exact) mass is 323 g/mol. The van der Waals surface area contributed by atoms with Gasteiger partial charge in [-0.05, 0) is 48.4 Å². The highest BCUT2D eigenvalue weighted by atomic mass is 19.1. The van der Waals surface area contributed by atoms with Gasteiger partial charge in [0.15, 0.2) is 0 Å². The molecule has 0 amide bonds. The minimum absolute atomic E-state index is 0.209. The standard InChI is InChI=1S/C19H18FN3O/c1-11-16-7-2-12-9-21-23-18(12)19(16,8-13-10-22-24-17(11)13)14-3-5-15(20)6-4-14/h3-6,9-11,16H,2,7-8H2,1H3,(H,21,23)/t11-,16-,19+/m0/s1. The predicted molar refractivity (Wildman–Crippen MR) is 86.2 cm³/mol. The molecule has 3 atom stereocenters. The number of aromatic amines is 1. The first kappa shape index (κ1) is 14.0. The zero-order chi connectivity index (χ0) is 16.3. The van der Waals surface area contributed by atoms with Crippen LogP contribution in [0.3, 0.4) is 0 Å². The van der Waals surface area contributed by atoms with Gasteiger partial charge in [-0.1, -0.05) is 24.2 Å². The number of nitrogens with zero attached hydrogens (tertiary/aromatic N) is 2. The second-order valence-electron chi connectivity index (χ2n) is 7.06. The van der Waals surface area contributed by atoms with Crippen LogP contribution in [0.15, 0.2) is 41.2 Å². The van der Waals surface area contributed by atoms with E-state index < -0.39 is 0 Å². The van der Waals surface area contributed by atoms with Crippen molar-refractivity contribution >= 4 is 0 Å². The van der Waals surface area contributed by atoms with Crippen LogP contribution >= 0.6 is 0 Å². The molecule has 0 unspecified atom stereocenters. The summed E-state index contributed by atoms with van der Waals surface area (Å²) in [5.74, 6) is 1.40. The molecule has 1 aromatic carbocycles. The second-order valence-corrected chi connectivity index (χ2v) is 7.06. The fraction of sp³-hybridized carbons (Fsp3) is 0.368. The van der Waals surface area contributed by atoms with E-state index in [1.54, 1.807) is 12.1 Å². The van der Waals surface area contributed by atoms with E-state index in [0.717, 1.165) is 41.8 Å². The topological polar surface area (TPSA) is 54.7 Å². The molecule has 2 aliphatic rings. The minimum Gasteiger partial charge on any atom is -0.361 e. The summed E-state index contributed by atoms with van der Waals surface area (Å²) in [6, 6.07) is 6.93. The first-order chi connectivity index (χ1) is 11.7. The lowest BCUT2D eigenvalue weighted by Crippen LogP contribution is -2.47. The zero-order valence-electron chi connectivity index (χ0n) is 13.4. The molecule has 0 radical (unpaired) electrons. The molecule has 0 saturated heterocycles. The largest absolute Gasteiger partial charge is 0.361 e. The maximum Gasteiger partial charge on any atom is 0.143 e. The highest BCUT2D eigenvalue weighted by Crippen LogP contribution is 2.56. The second kappa shape index (κ2) is 4.79. The van der Waals surface area contributed by atoms with Gasteiger partial charge in [0.1, 0.15) is 11.6 Å². The Morgan fingerprint density at radius 1 is 1.25 bits per heavy atom. The fourth-order valence-corrected chi connectivity index (χ4v) is 4.98. The molecule has 0 saturated carbocycles. The lowest BCUT2D eigenvalue weighted by Gasteiger charge is -2.48. The van der Waals surface area contributed by atoms with Crippen molar-refractivity contribution in [2.75, 3.05) is 0 Å². The summed E-state index contributed by atoms with van der Waals surface area (Å²) in [6.45, 7) is 2.21. The van der Waals surface area contributed by atoms with Crippen molar-refractivity contribution < 1.29 is 8.91 Å². The van der Waals surface area contributed by atoms with Gasteiger partial charge in [-0.25, -0.2) is 4.39 Å². The molecular weight excluding hydrogens is 305 g/mol. The van der Waals surface area contributed by atoms with Crippen LogP contribution in [-0.2, 0) is 18.3 Å². The number of hydrogen-bond acceptors (Lipinski definition) is 3. The molecule has 5 heteroatoms. The normalized spacial score (nSPS) is 28.1. The van der Waals surface area contributed by atoms with Crippen molar-refractivity contribution in [3.05, 3.63) is 70.6 Å². The number of H-pyrrole nitrogens is 1. The van der Waals surface area contributed by atoms with Gasteiger partial charge in [-0.2, -0.15) is 5.10 Å². The van der Waals surface area contributed by atoms with E-state index in [4.69, 9.17) is 4.52 Å². The molecule has 0 bridgehead atoms. The van der Waals surface area contributed by atoms with Crippen molar-refractivity contribution in [2.24, 2.45) is 5.92 Å². The van der Waals surface area contributed by atoms with Crippen LogP contribution in [0.5, 0.6) is 0 Å². The predicted octanol–water partition coefficient (Wildman–Crippen LogP) is 3.75. The van der Waals surface area contributed by atoms with Crippen LogP contribution in [0.2, 0.25) is 0 Å². The molecule has 122 valence electrons. The minimum atomic E-state index is -0.251. The summed E-state index contributed by atoms with van der Waals surface area (Å²) in [6.07, 6.45) is 6.70. The smallest absolute Gasteiger partial charge is 0.143 e. The molecule has 4 nitrogen and oxygen atoms in total. The third kappa shape index (κ3) is 1.67. The maximum absolute atomic E-state index is 13.5. The Kier molecular flexibility index (Phi) is 2.78. The maximum atomic E-state index is 13.5. The molecule has 0 spiro atoms. The number of benzene rings is 1. The number of aryl methyl sites for hydroxylation is 1. The van der Waals surface area contributed by atoms with E-state index in [0.29, 0.717) is 5.92 Å². The Morgan fingerprint density at radius 2 is 2.08 bits per heavy atom. The first-order valence-corrected chi connectivity index (χ1v) is 8.43. The number of halogens is 1. The van der Waals surface area contributed by atoms with Gasteiger partial charge in [-0.3, -0.25) is 5.10 Å². The van der Waals surface area contributed by atoms with Crippen molar-refractivity contribution in [3.63, 3.8) is 0 Å². The third-order valence-corrected chi connectivity index (χ3v) is 6.02.